The Kier molecular flexibility index (Phi) is 7.48. The Balaban J connectivity index is 2.50. The van der Waals surface area contributed by atoms with Gasteiger partial charge in [-0.15, -0.1) is 0 Å². The van der Waals surface area contributed by atoms with Gasteiger partial charge in [-0.1, -0.05) is 95.2 Å². The van der Waals surface area contributed by atoms with Gasteiger partial charge in [-0.3, -0.25) is 9.05 Å². The van der Waals surface area contributed by atoms with E-state index in [-0.39, 0.29) is 28.5 Å². The summed E-state index contributed by atoms with van der Waals surface area (Å²) in [6.07, 6.45) is 0. The van der Waals surface area contributed by atoms with Crippen LogP contribution in [0.4, 0.5) is 0 Å². The molecule has 1 aliphatic rings. The molecule has 0 atom stereocenters. The van der Waals surface area contributed by atoms with E-state index in [0.29, 0.717) is 0 Å². The summed E-state index contributed by atoms with van der Waals surface area (Å²) in [7, 11) is 0.373. The van der Waals surface area contributed by atoms with E-state index in [1.54, 1.807) is 7.11 Å². The van der Waals surface area contributed by atoms with Crippen LogP contribution in [0.5, 0.6) is 11.5 Å². The van der Waals surface area contributed by atoms with Crippen molar-refractivity contribution < 1.29 is 18.3 Å². The van der Waals surface area contributed by atoms with E-state index < -0.39 is 8.60 Å². The summed E-state index contributed by atoms with van der Waals surface area (Å²) >= 11 is 0. The minimum Gasteiger partial charge on any atom is -0.496 e. The average Bonchev–Trinajstić information content (AvgIpc) is 2.66. The molecule has 4 nitrogen and oxygen atoms in total. The van der Waals surface area contributed by atoms with E-state index in [1.165, 1.54) is 16.7 Å². The highest BCUT2D eigenvalue weighted by Crippen LogP contribution is 2.55. The maximum absolute atomic E-state index is 6.48. The van der Waals surface area contributed by atoms with E-state index in [2.05, 4.69) is 107 Å². The van der Waals surface area contributed by atoms with Gasteiger partial charge in [-0.2, -0.15) is 0 Å². The van der Waals surface area contributed by atoms with Crippen LogP contribution >= 0.6 is 8.60 Å². The van der Waals surface area contributed by atoms with Crippen LogP contribution in [-0.4, -0.2) is 13.9 Å². The predicted molar refractivity (Wildman–Crippen MR) is 148 cm³/mol. The van der Waals surface area contributed by atoms with Crippen LogP contribution < -0.4 is 9.26 Å². The molecule has 194 valence electrons. The molecule has 1 heterocycles. The molecule has 5 heteroatoms. The predicted octanol–water partition coefficient (Wildman–Crippen LogP) is 9.16. The largest absolute Gasteiger partial charge is 0.496 e. The quantitative estimate of drug-likeness (QED) is 0.392. The van der Waals surface area contributed by atoms with Gasteiger partial charge in [0.05, 0.1) is 7.11 Å². The maximum atomic E-state index is 6.48. The molecule has 0 N–H and O–H groups in total. The first kappa shape index (κ1) is 28.0. The van der Waals surface area contributed by atoms with Gasteiger partial charge in [0.2, 0.25) is 0 Å². The third-order valence-electron chi connectivity index (χ3n) is 6.50. The second-order valence-electron chi connectivity index (χ2n) is 13.7. The Bertz CT molecular complexity index is 1070. The zero-order valence-electron chi connectivity index (χ0n) is 24.1. The molecule has 0 radical (unpaired) electrons. The number of rotatable bonds is 4. The van der Waals surface area contributed by atoms with Crippen molar-refractivity contribution in [2.45, 2.75) is 105 Å². The fraction of sp³-hybridized carbons (Fsp3) is 0.600. The third kappa shape index (κ3) is 6.04. The summed E-state index contributed by atoms with van der Waals surface area (Å²) in [4.78, 5) is 0. The Morgan fingerprint density at radius 3 is 1.31 bits per heavy atom. The van der Waals surface area contributed by atoms with Gasteiger partial charge in [-0.05, 0) is 44.9 Å². The second kappa shape index (κ2) is 9.36. The lowest BCUT2D eigenvalue weighted by Crippen LogP contribution is -2.20. The molecular weight excluding hydrogens is 455 g/mol. The summed E-state index contributed by atoms with van der Waals surface area (Å²) in [6.45, 7) is 27.2. The van der Waals surface area contributed by atoms with Crippen molar-refractivity contribution in [1.82, 2.24) is 0 Å². The normalized spacial score (nSPS) is 15.7. The highest BCUT2D eigenvalue weighted by molar-refractivity contribution is 7.43. The molecule has 1 aliphatic heterocycles. The van der Waals surface area contributed by atoms with Crippen LogP contribution in [-0.2, 0) is 30.7 Å². The van der Waals surface area contributed by atoms with Crippen molar-refractivity contribution in [1.29, 1.82) is 0 Å². The topological polar surface area (TPSA) is 36.9 Å². The standard InChI is InChI=1S/C30H45O4P/c1-27(2,3)19-14-21(25(31-13)23(16-19)29(7,8)9)22-15-20(28(4,5)6)17-24(30(10,11)12)26(22)34-35-32-18-33-35/h14-17H,18H2,1-13H3. The van der Waals surface area contributed by atoms with E-state index >= 15 is 0 Å². The molecule has 0 aromatic heterocycles. The molecule has 2 aromatic carbocycles. The first-order valence-electron chi connectivity index (χ1n) is 12.5. The van der Waals surface area contributed by atoms with Crippen LogP contribution in [0, 0.1) is 0 Å². The van der Waals surface area contributed by atoms with Gasteiger partial charge in [-0.25, -0.2) is 0 Å². The average molecular weight is 501 g/mol. The highest BCUT2D eigenvalue weighted by Gasteiger charge is 2.34. The van der Waals surface area contributed by atoms with E-state index in [4.69, 9.17) is 18.3 Å². The molecule has 35 heavy (non-hydrogen) atoms. The fourth-order valence-corrected chi connectivity index (χ4v) is 4.82. The molecule has 1 fully saturated rings. The molecule has 0 spiro atoms. The van der Waals surface area contributed by atoms with Crippen molar-refractivity contribution >= 4 is 8.60 Å². The van der Waals surface area contributed by atoms with Gasteiger partial charge < -0.3 is 9.26 Å². The molecule has 0 saturated carbocycles. The first-order valence-corrected chi connectivity index (χ1v) is 13.6. The van der Waals surface area contributed by atoms with Crippen molar-refractivity contribution in [3.63, 3.8) is 0 Å². The number of ether oxygens (including phenoxy) is 1. The zero-order valence-corrected chi connectivity index (χ0v) is 25.0. The Morgan fingerprint density at radius 1 is 0.600 bits per heavy atom. The zero-order chi connectivity index (χ0) is 26.6. The van der Waals surface area contributed by atoms with Crippen LogP contribution in [0.15, 0.2) is 24.3 Å². The van der Waals surface area contributed by atoms with Gasteiger partial charge in [0, 0.05) is 22.3 Å². The number of hydrogen-bond acceptors (Lipinski definition) is 4. The third-order valence-corrected chi connectivity index (χ3v) is 7.47. The van der Waals surface area contributed by atoms with Crippen LogP contribution in [0.25, 0.3) is 11.1 Å². The van der Waals surface area contributed by atoms with Crippen LogP contribution in [0.1, 0.15) is 105 Å². The number of benzene rings is 2. The molecule has 2 aromatic rings. The number of methoxy groups -OCH3 is 1. The first-order chi connectivity index (χ1) is 15.8. The smallest absolute Gasteiger partial charge is 0.401 e. The van der Waals surface area contributed by atoms with Gasteiger partial charge in [0.1, 0.15) is 11.5 Å². The SMILES string of the molecule is COc1c(-c2cc(C(C)(C)C)cc(C(C)(C)C)c2OP2OCO2)cc(C(C)(C)C)cc1C(C)(C)C. The van der Waals surface area contributed by atoms with Crippen molar-refractivity contribution in [3.8, 4) is 22.6 Å². The van der Waals surface area contributed by atoms with E-state index in [0.717, 1.165) is 28.2 Å². The lowest BCUT2D eigenvalue weighted by Gasteiger charge is -2.33. The fourth-order valence-electron chi connectivity index (χ4n) is 4.18. The summed E-state index contributed by atoms with van der Waals surface area (Å²) < 4.78 is 23.8. The van der Waals surface area contributed by atoms with E-state index in [1.807, 2.05) is 0 Å². The second-order valence-corrected chi connectivity index (χ2v) is 14.8. The molecule has 1 saturated heterocycles. The van der Waals surface area contributed by atoms with Crippen molar-refractivity contribution in [2.75, 3.05) is 13.9 Å². The minimum absolute atomic E-state index is 0.0270. The minimum atomic E-state index is -1.40. The summed E-state index contributed by atoms with van der Waals surface area (Å²) in [5.74, 6) is 1.71. The van der Waals surface area contributed by atoms with Gasteiger partial charge in [0.25, 0.3) is 0 Å². The lowest BCUT2D eigenvalue weighted by atomic mass is 9.75. The van der Waals surface area contributed by atoms with Crippen molar-refractivity contribution in [3.05, 3.63) is 46.5 Å². The molecular formula is C30H45O4P. The molecule has 3 rings (SSSR count). The summed E-state index contributed by atoms with van der Waals surface area (Å²) in [6, 6.07) is 9.16. The van der Waals surface area contributed by atoms with Crippen LogP contribution in [0.3, 0.4) is 0 Å². The summed E-state index contributed by atoms with van der Waals surface area (Å²) in [5.41, 5.74) is 6.62. The Morgan fingerprint density at radius 2 is 1.00 bits per heavy atom. The number of hydrogen-bond donors (Lipinski definition) is 0. The summed E-state index contributed by atoms with van der Waals surface area (Å²) in [5, 5.41) is 0. The molecule has 0 aliphatic carbocycles. The Labute approximate surface area is 214 Å². The molecule has 0 amide bonds. The maximum Gasteiger partial charge on any atom is 0.401 e. The molecule has 0 bridgehead atoms. The van der Waals surface area contributed by atoms with E-state index in [9.17, 15) is 0 Å². The van der Waals surface area contributed by atoms with Crippen LogP contribution in [0.2, 0.25) is 0 Å². The molecule has 0 unspecified atom stereocenters. The monoisotopic (exact) mass is 500 g/mol. The van der Waals surface area contributed by atoms with Gasteiger partial charge in [0.15, 0.2) is 6.79 Å². The lowest BCUT2D eigenvalue weighted by molar-refractivity contribution is 0.0106. The van der Waals surface area contributed by atoms with Gasteiger partial charge >= 0.3 is 8.60 Å². The van der Waals surface area contributed by atoms with Crippen molar-refractivity contribution in [2.24, 2.45) is 0 Å². The highest BCUT2D eigenvalue weighted by atomic mass is 31.2. The Hall–Kier alpha value is -1.61.